The molecule has 2 aromatic rings. The fourth-order valence-electron chi connectivity index (χ4n) is 3.37. The fourth-order valence-corrected chi connectivity index (χ4v) is 3.37. The van der Waals surface area contributed by atoms with Gasteiger partial charge < -0.3 is 15.3 Å². The van der Waals surface area contributed by atoms with Gasteiger partial charge in [-0.2, -0.15) is 5.10 Å². The Morgan fingerprint density at radius 2 is 2.08 bits per heavy atom. The number of anilines is 1. The molecular formula is C19H26N4O2. The first kappa shape index (κ1) is 17.6. The first-order chi connectivity index (χ1) is 12.1. The summed E-state index contributed by atoms with van der Waals surface area (Å²) in [4.78, 5) is 14.6. The Kier molecular flexibility index (Phi) is 5.50. The summed E-state index contributed by atoms with van der Waals surface area (Å²) < 4.78 is 1.86. The van der Waals surface area contributed by atoms with E-state index in [4.69, 9.17) is 0 Å². The van der Waals surface area contributed by atoms with E-state index < -0.39 is 0 Å². The third-order valence-corrected chi connectivity index (χ3v) is 4.84. The number of benzene rings is 1. The molecule has 0 bridgehead atoms. The molecule has 134 valence electrons. The van der Waals surface area contributed by atoms with Crippen LogP contribution in [0.2, 0.25) is 0 Å². The molecule has 0 aliphatic carbocycles. The molecule has 0 saturated carbocycles. The Balaban J connectivity index is 1.61. The molecule has 1 aliphatic heterocycles. The van der Waals surface area contributed by atoms with E-state index in [1.54, 1.807) is 0 Å². The summed E-state index contributed by atoms with van der Waals surface area (Å²) in [6.45, 7) is 6.69. The summed E-state index contributed by atoms with van der Waals surface area (Å²) in [6.07, 6.45) is 1.47. The summed E-state index contributed by atoms with van der Waals surface area (Å²) in [6, 6.07) is 9.91. The van der Waals surface area contributed by atoms with Crippen LogP contribution in [-0.4, -0.2) is 51.9 Å². The molecule has 6 heteroatoms. The molecule has 25 heavy (non-hydrogen) atoms. The van der Waals surface area contributed by atoms with Gasteiger partial charge in [0.15, 0.2) is 0 Å². The van der Waals surface area contributed by atoms with Crippen molar-refractivity contribution < 1.29 is 9.90 Å². The highest BCUT2D eigenvalue weighted by Gasteiger charge is 2.22. The number of hydrogen-bond donors (Lipinski definition) is 2. The van der Waals surface area contributed by atoms with Gasteiger partial charge in [0.2, 0.25) is 5.91 Å². The average Bonchev–Trinajstić information content (AvgIpc) is 3.20. The number of aliphatic hydroxyl groups excluding tert-OH is 1. The molecule has 1 fully saturated rings. The first-order valence-electron chi connectivity index (χ1n) is 8.83. The van der Waals surface area contributed by atoms with Crippen molar-refractivity contribution in [2.45, 2.75) is 26.7 Å². The smallest absolute Gasteiger partial charge is 0.225 e. The van der Waals surface area contributed by atoms with Gasteiger partial charge in [-0.1, -0.05) is 18.2 Å². The lowest BCUT2D eigenvalue weighted by atomic mass is 10.1. The van der Waals surface area contributed by atoms with Crippen molar-refractivity contribution in [2.75, 3.05) is 31.6 Å². The molecule has 0 radical (unpaired) electrons. The lowest BCUT2D eigenvalue weighted by Gasteiger charge is -2.15. The Hall–Kier alpha value is -2.18. The van der Waals surface area contributed by atoms with Crippen LogP contribution in [0, 0.1) is 19.8 Å². The van der Waals surface area contributed by atoms with Crippen LogP contribution in [-0.2, 0) is 4.79 Å². The number of likely N-dealkylation sites (tertiary alicyclic amines) is 1. The molecular weight excluding hydrogens is 316 g/mol. The van der Waals surface area contributed by atoms with Gasteiger partial charge in [0.25, 0.3) is 0 Å². The van der Waals surface area contributed by atoms with Gasteiger partial charge in [0.1, 0.15) is 0 Å². The zero-order chi connectivity index (χ0) is 17.8. The van der Waals surface area contributed by atoms with E-state index in [1.165, 1.54) is 0 Å². The lowest BCUT2D eigenvalue weighted by Crippen LogP contribution is -2.26. The lowest BCUT2D eigenvalue weighted by molar-refractivity contribution is -0.116. The third-order valence-electron chi connectivity index (χ3n) is 4.84. The van der Waals surface area contributed by atoms with Crippen molar-refractivity contribution in [1.82, 2.24) is 14.7 Å². The quantitative estimate of drug-likeness (QED) is 0.844. The Morgan fingerprint density at radius 3 is 2.76 bits per heavy atom. The maximum absolute atomic E-state index is 12.3. The van der Waals surface area contributed by atoms with Crippen molar-refractivity contribution in [2.24, 2.45) is 5.92 Å². The highest BCUT2D eigenvalue weighted by atomic mass is 16.3. The summed E-state index contributed by atoms with van der Waals surface area (Å²) in [5.74, 6) is 0.364. The normalized spacial score (nSPS) is 17.8. The number of nitrogens with one attached hydrogen (secondary N) is 1. The van der Waals surface area contributed by atoms with E-state index in [0.717, 1.165) is 48.8 Å². The largest absolute Gasteiger partial charge is 0.396 e. The summed E-state index contributed by atoms with van der Waals surface area (Å²) in [5.41, 5.74) is 3.52. The average molecular weight is 342 g/mol. The number of aryl methyl sites for hydroxylation is 1. The second kappa shape index (κ2) is 7.80. The molecule has 2 heterocycles. The summed E-state index contributed by atoms with van der Waals surface area (Å²) >= 11 is 0. The molecule has 3 rings (SSSR count). The number of rotatable bonds is 6. The van der Waals surface area contributed by atoms with Gasteiger partial charge in [-0.05, 0) is 44.9 Å². The first-order valence-corrected chi connectivity index (χ1v) is 8.83. The molecule has 6 nitrogen and oxygen atoms in total. The summed E-state index contributed by atoms with van der Waals surface area (Å²) in [5, 5.41) is 16.8. The van der Waals surface area contributed by atoms with Crippen LogP contribution < -0.4 is 5.32 Å². The number of aromatic nitrogens is 2. The molecule has 2 N–H and O–H groups in total. The minimum Gasteiger partial charge on any atom is -0.396 e. The Labute approximate surface area is 148 Å². The van der Waals surface area contributed by atoms with Gasteiger partial charge in [0, 0.05) is 26.1 Å². The zero-order valence-corrected chi connectivity index (χ0v) is 14.9. The zero-order valence-electron chi connectivity index (χ0n) is 14.9. The van der Waals surface area contributed by atoms with E-state index in [-0.39, 0.29) is 12.5 Å². The van der Waals surface area contributed by atoms with Gasteiger partial charge in [-0.15, -0.1) is 0 Å². The number of amides is 1. The van der Waals surface area contributed by atoms with Crippen LogP contribution in [0.3, 0.4) is 0 Å². The van der Waals surface area contributed by atoms with Crippen LogP contribution in [0.5, 0.6) is 0 Å². The number of aliphatic hydroxyl groups is 1. The topological polar surface area (TPSA) is 70.4 Å². The predicted molar refractivity (Wildman–Crippen MR) is 97.9 cm³/mol. The van der Waals surface area contributed by atoms with Crippen molar-refractivity contribution in [3.63, 3.8) is 0 Å². The van der Waals surface area contributed by atoms with E-state index in [1.807, 2.05) is 48.9 Å². The number of para-hydroxylation sites is 1. The Bertz CT molecular complexity index is 727. The second-order valence-corrected chi connectivity index (χ2v) is 6.73. The molecule has 1 atom stereocenters. The van der Waals surface area contributed by atoms with E-state index in [9.17, 15) is 9.90 Å². The second-order valence-electron chi connectivity index (χ2n) is 6.73. The summed E-state index contributed by atoms with van der Waals surface area (Å²) in [7, 11) is 0. The molecule has 1 aromatic carbocycles. The van der Waals surface area contributed by atoms with Gasteiger partial charge in [-0.3, -0.25) is 4.79 Å². The SMILES string of the molecule is Cc1nn(-c2ccccc2)c(C)c1NC(=O)CCN1CCC(CO)C1. The minimum atomic E-state index is 0.00580. The van der Waals surface area contributed by atoms with E-state index in [2.05, 4.69) is 15.3 Å². The molecule has 1 saturated heterocycles. The molecule has 1 aliphatic rings. The van der Waals surface area contributed by atoms with Crippen LogP contribution in [0.15, 0.2) is 30.3 Å². The van der Waals surface area contributed by atoms with Crippen molar-refractivity contribution >= 4 is 11.6 Å². The van der Waals surface area contributed by atoms with E-state index >= 15 is 0 Å². The Morgan fingerprint density at radius 1 is 1.32 bits per heavy atom. The number of nitrogens with zero attached hydrogens (tertiary/aromatic N) is 3. The highest BCUT2D eigenvalue weighted by Crippen LogP contribution is 2.23. The van der Waals surface area contributed by atoms with E-state index in [0.29, 0.717) is 12.3 Å². The molecule has 1 amide bonds. The van der Waals surface area contributed by atoms with Crippen LogP contribution in [0.25, 0.3) is 5.69 Å². The van der Waals surface area contributed by atoms with Crippen LogP contribution in [0.4, 0.5) is 5.69 Å². The number of hydrogen-bond acceptors (Lipinski definition) is 4. The number of carbonyl (C=O) groups excluding carboxylic acids is 1. The van der Waals surface area contributed by atoms with Crippen molar-refractivity contribution in [3.8, 4) is 5.69 Å². The monoisotopic (exact) mass is 342 g/mol. The predicted octanol–water partition coefficient (Wildman–Crippen LogP) is 2.13. The molecule has 1 aromatic heterocycles. The van der Waals surface area contributed by atoms with Gasteiger partial charge >= 0.3 is 0 Å². The van der Waals surface area contributed by atoms with Crippen molar-refractivity contribution in [1.29, 1.82) is 0 Å². The fraction of sp³-hybridized carbons (Fsp3) is 0.474. The molecule has 1 unspecified atom stereocenters. The maximum atomic E-state index is 12.3. The maximum Gasteiger partial charge on any atom is 0.225 e. The van der Waals surface area contributed by atoms with Crippen LogP contribution >= 0.6 is 0 Å². The standard InChI is InChI=1S/C19H26N4O2/c1-14-19(15(2)23(21-14)17-6-4-3-5-7-17)20-18(25)9-11-22-10-8-16(12-22)13-24/h3-7,16,24H,8-13H2,1-2H3,(H,20,25). The van der Waals surface area contributed by atoms with Crippen LogP contribution in [0.1, 0.15) is 24.2 Å². The minimum absolute atomic E-state index is 0.00580. The van der Waals surface area contributed by atoms with Crippen molar-refractivity contribution in [3.05, 3.63) is 41.7 Å². The third kappa shape index (κ3) is 4.08. The number of carbonyl (C=O) groups is 1. The van der Waals surface area contributed by atoms with Gasteiger partial charge in [0.05, 0.1) is 22.8 Å². The van der Waals surface area contributed by atoms with Gasteiger partial charge in [-0.25, -0.2) is 4.68 Å². The molecule has 0 spiro atoms. The highest BCUT2D eigenvalue weighted by molar-refractivity contribution is 5.92.